The van der Waals surface area contributed by atoms with E-state index < -0.39 is 0 Å². The highest BCUT2D eigenvalue weighted by Crippen LogP contribution is 2.49. The van der Waals surface area contributed by atoms with Gasteiger partial charge in [-0.25, -0.2) is 16.0 Å². The second-order valence-corrected chi connectivity index (χ2v) is 6.59. The standard InChI is InChI=1S/C18H19N5O2/c1-3-14-10-22(21-20-14)11-16-12-23(17(24)25-16)15-6-4-13(5-7-15)18(19-2)8-9-18/h4-7,10,16H,3,8-9,11-12H2,1H3/t16-/m0/s1. The van der Waals surface area contributed by atoms with Gasteiger partial charge in [0, 0.05) is 30.3 Å². The van der Waals surface area contributed by atoms with Crippen LogP contribution < -0.4 is 4.90 Å². The number of ether oxygens (including phenoxy) is 1. The molecular weight excluding hydrogens is 318 g/mol. The molecular formula is C18H19N5O2. The number of aromatic nitrogens is 3. The fraction of sp³-hybridized carbons (Fsp3) is 0.444. The van der Waals surface area contributed by atoms with Crippen LogP contribution in [-0.4, -0.2) is 33.7 Å². The Bertz CT molecular complexity index is 832. The van der Waals surface area contributed by atoms with Crippen molar-refractivity contribution in [2.24, 2.45) is 0 Å². The van der Waals surface area contributed by atoms with Gasteiger partial charge < -0.3 is 9.58 Å². The fourth-order valence-corrected chi connectivity index (χ4v) is 3.16. The zero-order valence-electron chi connectivity index (χ0n) is 14.1. The molecule has 25 heavy (non-hydrogen) atoms. The van der Waals surface area contributed by atoms with Crippen LogP contribution in [0.25, 0.3) is 4.85 Å². The van der Waals surface area contributed by atoms with E-state index in [1.54, 1.807) is 9.58 Å². The van der Waals surface area contributed by atoms with Crippen LogP contribution in [0.4, 0.5) is 10.5 Å². The maximum atomic E-state index is 12.2. The van der Waals surface area contributed by atoms with E-state index in [2.05, 4.69) is 15.2 Å². The monoisotopic (exact) mass is 337 g/mol. The summed E-state index contributed by atoms with van der Waals surface area (Å²) in [5, 5.41) is 8.11. The van der Waals surface area contributed by atoms with Gasteiger partial charge in [0.2, 0.25) is 0 Å². The van der Waals surface area contributed by atoms with Crippen LogP contribution in [0.3, 0.4) is 0 Å². The molecule has 0 N–H and O–H groups in total. The summed E-state index contributed by atoms with van der Waals surface area (Å²) >= 11 is 0. The number of amides is 1. The van der Waals surface area contributed by atoms with Gasteiger partial charge in [0.25, 0.3) is 5.54 Å². The SMILES string of the molecule is [C-]#[N+]C1(c2ccc(N3C[C@H](Cn4cc(CC)nn4)OC3=O)cc2)CC1. The Kier molecular flexibility index (Phi) is 3.68. The summed E-state index contributed by atoms with van der Waals surface area (Å²) in [5.41, 5.74) is 2.43. The molecule has 0 radical (unpaired) electrons. The van der Waals surface area contributed by atoms with Gasteiger partial charge in [-0.15, -0.1) is 5.10 Å². The Balaban J connectivity index is 1.44. The molecule has 4 rings (SSSR count). The van der Waals surface area contributed by atoms with Crippen molar-refractivity contribution < 1.29 is 9.53 Å². The molecule has 0 spiro atoms. The molecule has 2 aromatic rings. The Morgan fingerprint density at radius 2 is 2.12 bits per heavy atom. The van der Waals surface area contributed by atoms with E-state index in [-0.39, 0.29) is 17.7 Å². The molecule has 1 saturated heterocycles. The van der Waals surface area contributed by atoms with Crippen LogP contribution >= 0.6 is 0 Å². The maximum absolute atomic E-state index is 12.2. The van der Waals surface area contributed by atoms with Crippen LogP contribution in [0.15, 0.2) is 30.5 Å². The third kappa shape index (κ3) is 2.84. The number of hydrogen-bond acceptors (Lipinski definition) is 4. The second-order valence-electron chi connectivity index (χ2n) is 6.59. The minimum absolute atomic E-state index is 0.253. The number of carbonyl (C=O) groups is 1. The third-order valence-electron chi connectivity index (χ3n) is 4.87. The molecule has 0 unspecified atom stereocenters. The first-order valence-electron chi connectivity index (χ1n) is 8.50. The fourth-order valence-electron chi connectivity index (χ4n) is 3.16. The van der Waals surface area contributed by atoms with Crippen molar-refractivity contribution in [3.63, 3.8) is 0 Å². The van der Waals surface area contributed by atoms with Gasteiger partial charge >= 0.3 is 6.09 Å². The van der Waals surface area contributed by atoms with Crippen LogP contribution in [0, 0.1) is 6.57 Å². The lowest BCUT2D eigenvalue weighted by molar-refractivity contribution is 0.129. The van der Waals surface area contributed by atoms with Crippen molar-refractivity contribution >= 4 is 11.8 Å². The molecule has 1 aliphatic heterocycles. The Hall–Kier alpha value is -2.88. The average molecular weight is 337 g/mol. The predicted molar refractivity (Wildman–Crippen MR) is 91.0 cm³/mol. The van der Waals surface area contributed by atoms with Crippen molar-refractivity contribution in [1.29, 1.82) is 0 Å². The number of carbonyl (C=O) groups excluding carboxylic acids is 1. The van der Waals surface area contributed by atoms with Gasteiger partial charge in [-0.3, -0.25) is 4.90 Å². The third-order valence-corrected chi connectivity index (χ3v) is 4.87. The molecule has 2 fully saturated rings. The zero-order valence-corrected chi connectivity index (χ0v) is 14.1. The van der Waals surface area contributed by atoms with Gasteiger partial charge in [-0.05, 0) is 30.7 Å². The van der Waals surface area contributed by atoms with E-state index >= 15 is 0 Å². The van der Waals surface area contributed by atoms with Crippen molar-refractivity contribution in [2.75, 3.05) is 11.4 Å². The molecule has 1 aromatic carbocycles. The smallest absolute Gasteiger partial charge is 0.414 e. The maximum Gasteiger partial charge on any atom is 0.414 e. The summed E-state index contributed by atoms with van der Waals surface area (Å²) < 4.78 is 7.17. The molecule has 7 heteroatoms. The molecule has 1 atom stereocenters. The summed E-state index contributed by atoms with van der Waals surface area (Å²) in [7, 11) is 0. The van der Waals surface area contributed by atoms with Gasteiger partial charge in [0.05, 0.1) is 18.8 Å². The molecule has 1 amide bonds. The lowest BCUT2D eigenvalue weighted by Gasteiger charge is -2.13. The minimum atomic E-state index is -0.347. The molecule has 1 saturated carbocycles. The normalized spacial score (nSPS) is 21.0. The minimum Gasteiger partial charge on any atom is -0.442 e. The Morgan fingerprint density at radius 1 is 1.36 bits per heavy atom. The number of hydrogen-bond donors (Lipinski definition) is 0. The molecule has 0 bridgehead atoms. The quantitative estimate of drug-likeness (QED) is 0.787. The summed E-state index contributed by atoms with van der Waals surface area (Å²) in [6.45, 7) is 10.3. The van der Waals surface area contributed by atoms with Crippen molar-refractivity contribution in [1.82, 2.24) is 15.0 Å². The molecule has 1 aromatic heterocycles. The van der Waals surface area contributed by atoms with E-state index in [1.165, 1.54) is 0 Å². The van der Waals surface area contributed by atoms with Crippen LogP contribution in [0.5, 0.6) is 0 Å². The summed E-state index contributed by atoms with van der Waals surface area (Å²) in [5.74, 6) is 0. The second kappa shape index (κ2) is 5.88. The molecule has 2 aliphatic rings. The average Bonchev–Trinajstić information content (AvgIpc) is 3.17. The first-order valence-corrected chi connectivity index (χ1v) is 8.50. The van der Waals surface area contributed by atoms with Crippen LogP contribution in [0.2, 0.25) is 0 Å². The molecule has 2 heterocycles. The summed E-state index contributed by atoms with van der Waals surface area (Å²) in [4.78, 5) is 17.6. The molecule has 128 valence electrons. The van der Waals surface area contributed by atoms with Gasteiger partial charge in [-0.2, -0.15) is 0 Å². The number of nitrogens with zero attached hydrogens (tertiary/aromatic N) is 5. The molecule has 7 nitrogen and oxygen atoms in total. The lowest BCUT2D eigenvalue weighted by Crippen LogP contribution is -2.26. The Morgan fingerprint density at radius 3 is 2.72 bits per heavy atom. The highest BCUT2D eigenvalue weighted by atomic mass is 16.6. The van der Waals surface area contributed by atoms with Crippen molar-refractivity contribution in [2.45, 2.75) is 44.4 Å². The van der Waals surface area contributed by atoms with E-state index in [0.29, 0.717) is 13.1 Å². The highest BCUT2D eigenvalue weighted by Gasteiger charge is 2.52. The Labute approximate surface area is 146 Å². The topological polar surface area (TPSA) is 64.6 Å². The number of benzene rings is 1. The van der Waals surface area contributed by atoms with Crippen molar-refractivity contribution in [3.8, 4) is 0 Å². The van der Waals surface area contributed by atoms with Gasteiger partial charge in [0.15, 0.2) is 0 Å². The first-order chi connectivity index (χ1) is 12.1. The number of aryl methyl sites for hydroxylation is 1. The van der Waals surface area contributed by atoms with E-state index in [0.717, 1.165) is 36.2 Å². The van der Waals surface area contributed by atoms with E-state index in [1.807, 2.05) is 37.4 Å². The number of cyclic esters (lactones) is 1. The largest absolute Gasteiger partial charge is 0.442 e. The predicted octanol–water partition coefficient (Wildman–Crippen LogP) is 2.77. The van der Waals surface area contributed by atoms with Crippen molar-refractivity contribution in [3.05, 3.63) is 53.1 Å². The van der Waals surface area contributed by atoms with Crippen LogP contribution in [-0.2, 0) is 23.2 Å². The number of rotatable bonds is 5. The zero-order chi connectivity index (χ0) is 17.4. The van der Waals surface area contributed by atoms with Gasteiger partial charge in [-0.1, -0.05) is 12.1 Å². The lowest BCUT2D eigenvalue weighted by atomic mass is 10.1. The highest BCUT2D eigenvalue weighted by molar-refractivity contribution is 5.89. The van der Waals surface area contributed by atoms with E-state index in [9.17, 15) is 4.79 Å². The summed E-state index contributed by atoms with van der Waals surface area (Å²) in [6, 6.07) is 7.70. The first kappa shape index (κ1) is 15.6. The molecule has 1 aliphatic carbocycles. The summed E-state index contributed by atoms with van der Waals surface area (Å²) in [6.07, 6.45) is 3.94. The van der Waals surface area contributed by atoms with Crippen LogP contribution in [0.1, 0.15) is 31.0 Å². The van der Waals surface area contributed by atoms with Gasteiger partial charge in [0.1, 0.15) is 6.10 Å². The number of anilines is 1. The van der Waals surface area contributed by atoms with E-state index in [4.69, 9.17) is 11.3 Å².